The van der Waals surface area contributed by atoms with Crippen molar-refractivity contribution in [3.8, 4) is 0 Å². The minimum Gasteiger partial charge on any atom is -0.396 e. The highest BCUT2D eigenvalue weighted by molar-refractivity contribution is 6.36. The molecule has 1 aliphatic carbocycles. The first kappa shape index (κ1) is 13.9. The number of aliphatic hydroxyl groups excluding tert-OH is 1. The van der Waals surface area contributed by atoms with Gasteiger partial charge in [0.05, 0.1) is 5.02 Å². The summed E-state index contributed by atoms with van der Waals surface area (Å²) in [5.41, 5.74) is 2.12. The summed E-state index contributed by atoms with van der Waals surface area (Å²) in [6.45, 7) is 1.01. The monoisotopic (exact) mass is 292 g/mol. The number of rotatable bonds is 4. The first-order valence-electron chi connectivity index (χ1n) is 7.39. The van der Waals surface area contributed by atoms with Crippen LogP contribution in [0.2, 0.25) is 5.02 Å². The second kappa shape index (κ2) is 6.17. The van der Waals surface area contributed by atoms with E-state index >= 15 is 0 Å². The van der Waals surface area contributed by atoms with E-state index in [2.05, 4.69) is 10.3 Å². The van der Waals surface area contributed by atoms with Crippen LogP contribution in [-0.4, -0.2) is 22.7 Å². The Labute approximate surface area is 124 Å². The molecule has 0 saturated heterocycles. The number of fused-ring (bicyclic) bond motifs is 1. The number of nitrogens with one attached hydrogen (secondary N) is 2. The third kappa shape index (κ3) is 2.71. The van der Waals surface area contributed by atoms with Crippen LogP contribution in [0.25, 0.3) is 10.9 Å². The average molecular weight is 293 g/mol. The van der Waals surface area contributed by atoms with Crippen LogP contribution in [0.1, 0.15) is 31.4 Å². The summed E-state index contributed by atoms with van der Waals surface area (Å²) in [7, 11) is 0. The standard InChI is InChI=1S/C16H21ClN2O/c17-16-12-6-2-4-8-14(12)19-15(16)9-18-13-7-3-1-5-11(13)10-20/h2,4,6,8,11,13,18-20H,1,3,5,7,9-10H2. The van der Waals surface area contributed by atoms with Gasteiger partial charge in [-0.3, -0.25) is 0 Å². The fraction of sp³-hybridized carbons (Fsp3) is 0.500. The number of benzene rings is 1. The molecule has 2 aromatic rings. The zero-order chi connectivity index (χ0) is 13.9. The summed E-state index contributed by atoms with van der Waals surface area (Å²) in [6, 6.07) is 8.49. The van der Waals surface area contributed by atoms with E-state index in [9.17, 15) is 5.11 Å². The quantitative estimate of drug-likeness (QED) is 0.808. The van der Waals surface area contributed by atoms with Crippen LogP contribution in [0.5, 0.6) is 0 Å². The van der Waals surface area contributed by atoms with Crippen LogP contribution in [0, 0.1) is 5.92 Å². The SMILES string of the molecule is OCC1CCCCC1NCc1[nH]c2ccccc2c1Cl. The van der Waals surface area contributed by atoms with E-state index in [-0.39, 0.29) is 6.61 Å². The molecule has 3 rings (SSSR count). The summed E-state index contributed by atoms with van der Waals surface area (Å²) >= 11 is 6.42. The van der Waals surface area contributed by atoms with Gasteiger partial charge in [0.25, 0.3) is 0 Å². The first-order valence-corrected chi connectivity index (χ1v) is 7.76. The number of hydrogen-bond donors (Lipinski definition) is 3. The van der Waals surface area contributed by atoms with Crippen LogP contribution in [0.3, 0.4) is 0 Å². The Hall–Kier alpha value is -1.03. The Balaban J connectivity index is 1.71. The van der Waals surface area contributed by atoms with E-state index in [0.29, 0.717) is 12.0 Å². The summed E-state index contributed by atoms with van der Waals surface area (Å²) < 4.78 is 0. The highest BCUT2D eigenvalue weighted by Gasteiger charge is 2.24. The van der Waals surface area contributed by atoms with E-state index < -0.39 is 0 Å². The molecule has 1 aromatic carbocycles. The molecule has 1 heterocycles. The van der Waals surface area contributed by atoms with E-state index in [0.717, 1.165) is 41.0 Å². The summed E-state index contributed by atoms with van der Waals surface area (Å²) in [4.78, 5) is 3.38. The number of aromatic amines is 1. The summed E-state index contributed by atoms with van der Waals surface area (Å²) in [5, 5.41) is 14.9. The van der Waals surface area contributed by atoms with Crippen molar-refractivity contribution < 1.29 is 5.11 Å². The Morgan fingerprint density at radius 1 is 1.25 bits per heavy atom. The third-order valence-corrected chi connectivity index (χ3v) is 4.83. The molecule has 1 aliphatic rings. The van der Waals surface area contributed by atoms with E-state index in [4.69, 9.17) is 11.6 Å². The van der Waals surface area contributed by atoms with Crippen molar-refractivity contribution in [1.29, 1.82) is 0 Å². The van der Waals surface area contributed by atoms with E-state index in [1.165, 1.54) is 12.8 Å². The molecule has 3 nitrogen and oxygen atoms in total. The lowest BCUT2D eigenvalue weighted by molar-refractivity contribution is 0.152. The molecular formula is C16H21ClN2O. The number of halogens is 1. The molecule has 2 unspecified atom stereocenters. The van der Waals surface area contributed by atoms with Gasteiger partial charge in [0.1, 0.15) is 0 Å². The van der Waals surface area contributed by atoms with Crippen molar-refractivity contribution in [3.63, 3.8) is 0 Å². The molecule has 0 amide bonds. The number of aromatic nitrogens is 1. The van der Waals surface area contributed by atoms with Gasteiger partial charge in [-0.1, -0.05) is 42.6 Å². The molecule has 4 heteroatoms. The average Bonchev–Trinajstić information content (AvgIpc) is 2.82. The lowest BCUT2D eigenvalue weighted by Crippen LogP contribution is -2.39. The van der Waals surface area contributed by atoms with Gasteiger partial charge < -0.3 is 15.4 Å². The van der Waals surface area contributed by atoms with Gasteiger partial charge >= 0.3 is 0 Å². The van der Waals surface area contributed by atoms with Crippen molar-refractivity contribution >= 4 is 22.5 Å². The normalized spacial score (nSPS) is 23.3. The summed E-state index contributed by atoms with van der Waals surface area (Å²) in [5.74, 6) is 0.381. The lowest BCUT2D eigenvalue weighted by atomic mass is 9.85. The Bertz CT molecular complexity index is 581. The predicted molar refractivity (Wildman–Crippen MR) is 83.0 cm³/mol. The smallest absolute Gasteiger partial charge is 0.0705 e. The summed E-state index contributed by atoms with van der Waals surface area (Å²) in [6.07, 6.45) is 4.74. The lowest BCUT2D eigenvalue weighted by Gasteiger charge is -2.31. The molecule has 0 aliphatic heterocycles. The maximum atomic E-state index is 9.45. The molecule has 1 saturated carbocycles. The van der Waals surface area contributed by atoms with Gasteiger partial charge in [-0.2, -0.15) is 0 Å². The maximum Gasteiger partial charge on any atom is 0.0705 e. The molecule has 0 spiro atoms. The minimum atomic E-state index is 0.276. The number of hydrogen-bond acceptors (Lipinski definition) is 2. The molecule has 1 fully saturated rings. The zero-order valence-corrected chi connectivity index (χ0v) is 12.3. The van der Waals surface area contributed by atoms with Gasteiger partial charge in [-0.05, 0) is 24.8 Å². The van der Waals surface area contributed by atoms with Crippen molar-refractivity contribution in [2.24, 2.45) is 5.92 Å². The van der Waals surface area contributed by atoms with Crippen LogP contribution >= 0.6 is 11.6 Å². The van der Waals surface area contributed by atoms with E-state index in [1.807, 2.05) is 24.3 Å². The van der Waals surface area contributed by atoms with Gasteiger partial charge in [0.2, 0.25) is 0 Å². The second-order valence-corrected chi connectivity index (χ2v) is 6.06. The highest BCUT2D eigenvalue weighted by atomic mass is 35.5. The molecule has 0 bridgehead atoms. The second-order valence-electron chi connectivity index (χ2n) is 5.68. The topological polar surface area (TPSA) is 48.0 Å². The van der Waals surface area contributed by atoms with Crippen molar-refractivity contribution in [2.75, 3.05) is 6.61 Å². The molecular weight excluding hydrogens is 272 g/mol. The van der Waals surface area contributed by atoms with Crippen LogP contribution in [0.4, 0.5) is 0 Å². The number of aliphatic hydroxyl groups is 1. The third-order valence-electron chi connectivity index (χ3n) is 4.40. The Morgan fingerprint density at radius 3 is 2.85 bits per heavy atom. The van der Waals surface area contributed by atoms with Gasteiger partial charge in [0.15, 0.2) is 0 Å². The van der Waals surface area contributed by atoms with Crippen LogP contribution < -0.4 is 5.32 Å². The van der Waals surface area contributed by atoms with Crippen LogP contribution in [0.15, 0.2) is 24.3 Å². The molecule has 20 heavy (non-hydrogen) atoms. The molecule has 2 atom stereocenters. The maximum absolute atomic E-state index is 9.45. The predicted octanol–water partition coefficient (Wildman–Crippen LogP) is 3.46. The Morgan fingerprint density at radius 2 is 2.05 bits per heavy atom. The van der Waals surface area contributed by atoms with Crippen molar-refractivity contribution in [2.45, 2.75) is 38.3 Å². The van der Waals surface area contributed by atoms with Crippen LogP contribution in [-0.2, 0) is 6.54 Å². The van der Waals surface area contributed by atoms with Crippen molar-refractivity contribution in [1.82, 2.24) is 10.3 Å². The number of H-pyrrole nitrogens is 1. The fourth-order valence-corrected chi connectivity index (χ4v) is 3.49. The molecule has 0 radical (unpaired) electrons. The fourth-order valence-electron chi connectivity index (χ4n) is 3.21. The van der Waals surface area contributed by atoms with E-state index in [1.54, 1.807) is 0 Å². The minimum absolute atomic E-state index is 0.276. The Kier molecular flexibility index (Phi) is 4.29. The van der Waals surface area contributed by atoms with Gasteiger partial charge in [0, 0.05) is 35.8 Å². The molecule has 1 aromatic heterocycles. The molecule has 108 valence electrons. The van der Waals surface area contributed by atoms with Gasteiger partial charge in [-0.15, -0.1) is 0 Å². The van der Waals surface area contributed by atoms with Crippen molar-refractivity contribution in [3.05, 3.63) is 35.0 Å². The largest absolute Gasteiger partial charge is 0.396 e. The van der Waals surface area contributed by atoms with Gasteiger partial charge in [-0.25, -0.2) is 0 Å². The zero-order valence-electron chi connectivity index (χ0n) is 11.5. The first-order chi connectivity index (χ1) is 9.79. The number of para-hydroxylation sites is 1. The molecule has 3 N–H and O–H groups in total. The highest BCUT2D eigenvalue weighted by Crippen LogP contribution is 2.28.